The molecule has 4 heteroatoms. The molecule has 0 saturated carbocycles. The number of thiophene rings is 1. The Morgan fingerprint density at radius 2 is 2.14 bits per heavy atom. The predicted molar refractivity (Wildman–Crippen MR) is 86.3 cm³/mol. The van der Waals surface area contributed by atoms with Gasteiger partial charge in [-0.1, -0.05) is 30.3 Å². The van der Waals surface area contributed by atoms with E-state index < -0.39 is 0 Å². The predicted octanol–water partition coefficient (Wildman–Crippen LogP) is 2.98. The van der Waals surface area contributed by atoms with Crippen molar-refractivity contribution in [2.45, 2.75) is 25.9 Å². The number of nitrogens with zero attached hydrogens (tertiary/aromatic N) is 1. The van der Waals surface area contributed by atoms with Crippen LogP contribution in [0.1, 0.15) is 29.0 Å². The first-order valence-electron chi connectivity index (χ1n) is 7.34. The van der Waals surface area contributed by atoms with E-state index in [0.29, 0.717) is 6.54 Å². The Kier molecular flexibility index (Phi) is 4.36. The van der Waals surface area contributed by atoms with Crippen LogP contribution < -0.4 is 5.32 Å². The first-order valence-corrected chi connectivity index (χ1v) is 8.22. The van der Waals surface area contributed by atoms with Gasteiger partial charge >= 0.3 is 0 Å². The minimum absolute atomic E-state index is 0.0557. The summed E-state index contributed by atoms with van der Waals surface area (Å²) in [5.41, 5.74) is 2.53. The van der Waals surface area contributed by atoms with Crippen LogP contribution in [0.2, 0.25) is 0 Å². The Balaban J connectivity index is 1.53. The molecule has 3 rings (SSSR count). The lowest BCUT2D eigenvalue weighted by molar-refractivity contribution is -0.123. The maximum atomic E-state index is 12.2. The molecule has 1 aromatic carbocycles. The second-order valence-electron chi connectivity index (χ2n) is 5.53. The number of nitrogens with one attached hydrogen (secondary N) is 1. The van der Waals surface area contributed by atoms with E-state index in [1.807, 2.05) is 48.6 Å². The number of hydrogen-bond donors (Lipinski definition) is 1. The lowest BCUT2D eigenvalue weighted by atomic mass is 10.1. The summed E-state index contributed by atoms with van der Waals surface area (Å²) in [6.07, 6.45) is 1.06. The Morgan fingerprint density at radius 1 is 1.33 bits per heavy atom. The highest BCUT2D eigenvalue weighted by atomic mass is 32.1. The second-order valence-corrected chi connectivity index (χ2v) is 6.53. The lowest BCUT2D eigenvalue weighted by Crippen LogP contribution is -2.40. The summed E-state index contributed by atoms with van der Waals surface area (Å²) in [5.74, 6) is 0.102. The molecule has 1 aromatic heterocycles. The minimum Gasteiger partial charge on any atom is -0.348 e. The van der Waals surface area contributed by atoms with Gasteiger partial charge in [0.2, 0.25) is 5.91 Å². The fourth-order valence-electron chi connectivity index (χ4n) is 2.76. The van der Waals surface area contributed by atoms with E-state index in [2.05, 4.69) is 21.7 Å². The zero-order valence-corrected chi connectivity index (χ0v) is 13.0. The topological polar surface area (TPSA) is 32.3 Å². The van der Waals surface area contributed by atoms with Crippen LogP contribution in [0.25, 0.3) is 0 Å². The third-order valence-corrected chi connectivity index (χ3v) is 4.95. The van der Waals surface area contributed by atoms with Crippen LogP contribution >= 0.6 is 11.3 Å². The standard InChI is InChI=1S/C17H20N2OS/c1-13(14-5-3-2-4-6-14)18-17(20)12-19-9-7-16-15(11-19)8-10-21-16/h2-6,8,10,13H,7,9,11-12H2,1H3,(H,18,20)/t13-/m1/s1. The van der Waals surface area contributed by atoms with Gasteiger partial charge in [0, 0.05) is 18.0 Å². The molecule has 2 aromatic rings. The highest BCUT2D eigenvalue weighted by molar-refractivity contribution is 7.10. The molecular weight excluding hydrogens is 280 g/mol. The quantitative estimate of drug-likeness (QED) is 0.941. The molecule has 0 bridgehead atoms. The smallest absolute Gasteiger partial charge is 0.234 e. The fraction of sp³-hybridized carbons (Fsp3) is 0.353. The van der Waals surface area contributed by atoms with E-state index in [0.717, 1.165) is 25.1 Å². The summed E-state index contributed by atoms with van der Waals surface area (Å²) in [6.45, 7) is 4.37. The summed E-state index contributed by atoms with van der Waals surface area (Å²) < 4.78 is 0. The van der Waals surface area contributed by atoms with Crippen LogP contribution in [0.5, 0.6) is 0 Å². The number of benzene rings is 1. The molecule has 21 heavy (non-hydrogen) atoms. The van der Waals surface area contributed by atoms with Crippen molar-refractivity contribution >= 4 is 17.2 Å². The van der Waals surface area contributed by atoms with E-state index in [1.165, 1.54) is 10.4 Å². The highest BCUT2D eigenvalue weighted by Gasteiger charge is 2.19. The van der Waals surface area contributed by atoms with Crippen LogP contribution in [0.15, 0.2) is 41.8 Å². The molecule has 0 spiro atoms. The second kappa shape index (κ2) is 6.41. The molecule has 3 nitrogen and oxygen atoms in total. The van der Waals surface area contributed by atoms with Crippen molar-refractivity contribution in [3.8, 4) is 0 Å². The maximum Gasteiger partial charge on any atom is 0.234 e. The molecule has 0 unspecified atom stereocenters. The molecule has 1 amide bonds. The van der Waals surface area contributed by atoms with Gasteiger partial charge in [0.05, 0.1) is 12.6 Å². The van der Waals surface area contributed by atoms with Crippen LogP contribution in [0, 0.1) is 0 Å². The Bertz CT molecular complexity index is 608. The number of fused-ring (bicyclic) bond motifs is 1. The SMILES string of the molecule is C[C@@H](NC(=O)CN1CCc2sccc2C1)c1ccccc1. The number of amides is 1. The van der Waals surface area contributed by atoms with Gasteiger partial charge in [-0.3, -0.25) is 9.69 Å². The van der Waals surface area contributed by atoms with Gasteiger partial charge in [-0.25, -0.2) is 0 Å². The number of carbonyl (C=O) groups is 1. The molecule has 0 fully saturated rings. The van der Waals surface area contributed by atoms with Crippen molar-refractivity contribution in [2.75, 3.05) is 13.1 Å². The molecule has 1 aliphatic rings. The Morgan fingerprint density at radius 3 is 2.95 bits per heavy atom. The normalized spacial score (nSPS) is 16.2. The highest BCUT2D eigenvalue weighted by Crippen LogP contribution is 2.23. The van der Waals surface area contributed by atoms with Gasteiger partial charge in [-0.05, 0) is 35.9 Å². The zero-order chi connectivity index (χ0) is 14.7. The average Bonchev–Trinajstić information content (AvgIpc) is 2.95. The van der Waals surface area contributed by atoms with Crippen molar-refractivity contribution in [2.24, 2.45) is 0 Å². The van der Waals surface area contributed by atoms with E-state index in [1.54, 1.807) is 0 Å². The van der Waals surface area contributed by atoms with Gasteiger partial charge in [-0.15, -0.1) is 11.3 Å². The van der Waals surface area contributed by atoms with E-state index in [-0.39, 0.29) is 11.9 Å². The summed E-state index contributed by atoms with van der Waals surface area (Å²) in [6, 6.07) is 12.3. The largest absolute Gasteiger partial charge is 0.348 e. The van der Waals surface area contributed by atoms with Crippen LogP contribution in [0.3, 0.4) is 0 Å². The van der Waals surface area contributed by atoms with Gasteiger partial charge in [-0.2, -0.15) is 0 Å². The Labute approximate surface area is 129 Å². The van der Waals surface area contributed by atoms with E-state index in [9.17, 15) is 4.79 Å². The van der Waals surface area contributed by atoms with Crippen LogP contribution in [0.4, 0.5) is 0 Å². The monoisotopic (exact) mass is 300 g/mol. The summed E-state index contributed by atoms with van der Waals surface area (Å²) in [5, 5.41) is 5.23. The minimum atomic E-state index is 0.0557. The Hall–Kier alpha value is -1.65. The summed E-state index contributed by atoms with van der Waals surface area (Å²) >= 11 is 1.83. The van der Waals surface area contributed by atoms with Crippen molar-refractivity contribution in [1.29, 1.82) is 0 Å². The van der Waals surface area contributed by atoms with Crippen LogP contribution in [-0.2, 0) is 17.8 Å². The van der Waals surface area contributed by atoms with Crippen molar-refractivity contribution < 1.29 is 4.79 Å². The molecule has 0 saturated heterocycles. The van der Waals surface area contributed by atoms with Crippen molar-refractivity contribution in [1.82, 2.24) is 10.2 Å². The van der Waals surface area contributed by atoms with Gasteiger partial charge in [0.25, 0.3) is 0 Å². The molecule has 2 heterocycles. The average molecular weight is 300 g/mol. The summed E-state index contributed by atoms with van der Waals surface area (Å²) in [4.78, 5) is 15.9. The first-order chi connectivity index (χ1) is 10.2. The maximum absolute atomic E-state index is 12.2. The fourth-order valence-corrected chi connectivity index (χ4v) is 3.65. The third-order valence-electron chi connectivity index (χ3n) is 3.93. The third kappa shape index (κ3) is 3.52. The van der Waals surface area contributed by atoms with Crippen LogP contribution in [-0.4, -0.2) is 23.9 Å². The van der Waals surface area contributed by atoms with Crippen molar-refractivity contribution in [3.63, 3.8) is 0 Å². The lowest BCUT2D eigenvalue weighted by Gasteiger charge is -2.26. The molecule has 1 N–H and O–H groups in total. The summed E-state index contributed by atoms with van der Waals surface area (Å²) in [7, 11) is 0. The number of carbonyl (C=O) groups excluding carboxylic acids is 1. The molecular formula is C17H20N2OS. The van der Waals surface area contributed by atoms with Gasteiger partial charge < -0.3 is 5.32 Å². The van der Waals surface area contributed by atoms with E-state index in [4.69, 9.17) is 0 Å². The van der Waals surface area contributed by atoms with E-state index >= 15 is 0 Å². The molecule has 0 aliphatic carbocycles. The zero-order valence-electron chi connectivity index (χ0n) is 12.2. The number of hydrogen-bond acceptors (Lipinski definition) is 3. The first kappa shape index (κ1) is 14.3. The molecule has 110 valence electrons. The van der Waals surface area contributed by atoms with Gasteiger partial charge in [0.15, 0.2) is 0 Å². The molecule has 1 atom stereocenters. The molecule has 0 radical (unpaired) electrons. The number of rotatable bonds is 4. The van der Waals surface area contributed by atoms with Crippen molar-refractivity contribution in [3.05, 3.63) is 57.8 Å². The van der Waals surface area contributed by atoms with Gasteiger partial charge in [0.1, 0.15) is 0 Å². The molecule has 1 aliphatic heterocycles.